The van der Waals surface area contributed by atoms with Gasteiger partial charge in [-0.25, -0.2) is 14.6 Å². The third-order valence-corrected chi connectivity index (χ3v) is 2.89. The number of rotatable bonds is 5. The zero-order chi connectivity index (χ0) is 15.2. The Labute approximate surface area is 121 Å². The average molecular weight is 288 g/mol. The molecule has 7 heteroatoms. The lowest BCUT2D eigenvalue weighted by atomic mass is 10.1. The smallest absolute Gasteiger partial charge is 0.337 e. The molecule has 2 aromatic rings. The Morgan fingerprint density at radius 3 is 2.86 bits per heavy atom. The lowest BCUT2D eigenvalue weighted by Gasteiger charge is -2.10. The van der Waals surface area contributed by atoms with Crippen LogP contribution in [0.4, 0.5) is 10.5 Å². The lowest BCUT2D eigenvalue weighted by Crippen LogP contribution is -2.31. The summed E-state index contributed by atoms with van der Waals surface area (Å²) in [6.07, 6.45) is 3.87. The molecule has 1 aromatic heterocycles. The zero-order valence-corrected chi connectivity index (χ0v) is 11.5. The molecule has 1 heterocycles. The standard InChI is InChI=1S/C14H16N4O3/c1-9-2-3-12(11(6-9)13(19)20)18-14(21)16-5-4-10-7-15-8-17-10/h2-3,6-8H,4-5H2,1H3,(H,15,17)(H,19,20)(H2,16,18,21). The number of H-pyrrole nitrogens is 1. The van der Waals surface area contributed by atoms with Crippen LogP contribution in [0.15, 0.2) is 30.7 Å². The van der Waals surface area contributed by atoms with Gasteiger partial charge >= 0.3 is 12.0 Å². The van der Waals surface area contributed by atoms with E-state index in [0.717, 1.165) is 11.3 Å². The predicted molar refractivity (Wildman–Crippen MR) is 77.5 cm³/mol. The first-order valence-corrected chi connectivity index (χ1v) is 6.42. The normalized spacial score (nSPS) is 10.1. The number of aromatic amines is 1. The molecule has 0 aliphatic rings. The number of aryl methyl sites for hydroxylation is 1. The van der Waals surface area contributed by atoms with Crippen LogP contribution in [0, 0.1) is 6.92 Å². The van der Waals surface area contributed by atoms with Crippen molar-refractivity contribution < 1.29 is 14.7 Å². The van der Waals surface area contributed by atoms with Gasteiger partial charge in [-0.2, -0.15) is 0 Å². The second kappa shape index (κ2) is 6.56. The van der Waals surface area contributed by atoms with Crippen LogP contribution < -0.4 is 10.6 Å². The molecule has 0 aliphatic carbocycles. The zero-order valence-electron chi connectivity index (χ0n) is 11.5. The van der Waals surface area contributed by atoms with Gasteiger partial charge in [0.05, 0.1) is 17.6 Å². The Kier molecular flexibility index (Phi) is 4.55. The van der Waals surface area contributed by atoms with E-state index in [2.05, 4.69) is 20.6 Å². The molecule has 0 atom stereocenters. The highest BCUT2D eigenvalue weighted by Gasteiger charge is 2.12. The average Bonchev–Trinajstić information content (AvgIpc) is 2.94. The first-order chi connectivity index (χ1) is 10.1. The minimum absolute atomic E-state index is 0.0683. The summed E-state index contributed by atoms with van der Waals surface area (Å²) < 4.78 is 0. The van der Waals surface area contributed by atoms with E-state index < -0.39 is 12.0 Å². The van der Waals surface area contributed by atoms with Crippen LogP contribution in [0.3, 0.4) is 0 Å². The summed E-state index contributed by atoms with van der Waals surface area (Å²) in [6, 6.07) is 4.39. The number of hydrogen-bond donors (Lipinski definition) is 4. The van der Waals surface area contributed by atoms with Gasteiger partial charge in [0.15, 0.2) is 0 Å². The fraction of sp³-hybridized carbons (Fsp3) is 0.214. The monoisotopic (exact) mass is 288 g/mol. The Morgan fingerprint density at radius 2 is 2.19 bits per heavy atom. The highest BCUT2D eigenvalue weighted by Crippen LogP contribution is 2.17. The second-order valence-electron chi connectivity index (χ2n) is 4.56. The van der Waals surface area contributed by atoms with Gasteiger partial charge in [-0.05, 0) is 19.1 Å². The highest BCUT2D eigenvalue weighted by atomic mass is 16.4. The number of hydrogen-bond acceptors (Lipinski definition) is 3. The molecule has 21 heavy (non-hydrogen) atoms. The van der Waals surface area contributed by atoms with E-state index in [0.29, 0.717) is 13.0 Å². The van der Waals surface area contributed by atoms with Crippen LogP contribution in [0.25, 0.3) is 0 Å². The predicted octanol–water partition coefficient (Wildman–Crippen LogP) is 1.78. The summed E-state index contributed by atoms with van der Waals surface area (Å²) in [5.74, 6) is -1.08. The third kappa shape index (κ3) is 4.07. The number of carboxylic acid groups (broad SMARTS) is 1. The van der Waals surface area contributed by atoms with E-state index >= 15 is 0 Å². The van der Waals surface area contributed by atoms with Gasteiger partial charge in [-0.1, -0.05) is 11.6 Å². The quantitative estimate of drug-likeness (QED) is 0.672. The largest absolute Gasteiger partial charge is 0.478 e. The van der Waals surface area contributed by atoms with Crippen molar-refractivity contribution in [2.45, 2.75) is 13.3 Å². The van der Waals surface area contributed by atoms with Crippen molar-refractivity contribution in [2.24, 2.45) is 0 Å². The Morgan fingerprint density at radius 1 is 1.38 bits per heavy atom. The van der Waals surface area contributed by atoms with E-state index in [1.165, 1.54) is 6.07 Å². The topological polar surface area (TPSA) is 107 Å². The van der Waals surface area contributed by atoms with Crippen LogP contribution in [-0.2, 0) is 6.42 Å². The molecule has 2 amide bonds. The molecular weight excluding hydrogens is 272 g/mol. The molecule has 7 nitrogen and oxygen atoms in total. The molecule has 0 aliphatic heterocycles. The molecule has 0 saturated carbocycles. The molecule has 110 valence electrons. The second-order valence-corrected chi connectivity index (χ2v) is 4.56. The maximum Gasteiger partial charge on any atom is 0.337 e. The molecule has 0 radical (unpaired) electrons. The van der Waals surface area contributed by atoms with Crippen molar-refractivity contribution in [3.63, 3.8) is 0 Å². The SMILES string of the molecule is Cc1ccc(NC(=O)NCCc2cnc[nH]2)c(C(=O)O)c1. The van der Waals surface area contributed by atoms with E-state index in [1.807, 2.05) is 0 Å². The Hall–Kier alpha value is -2.83. The van der Waals surface area contributed by atoms with Gasteiger partial charge in [-0.15, -0.1) is 0 Å². The third-order valence-electron chi connectivity index (χ3n) is 2.89. The number of carbonyl (C=O) groups is 2. The molecular formula is C14H16N4O3. The fourth-order valence-corrected chi connectivity index (χ4v) is 1.84. The minimum atomic E-state index is -1.08. The molecule has 0 saturated heterocycles. The van der Waals surface area contributed by atoms with Gasteiger partial charge < -0.3 is 20.7 Å². The number of aromatic nitrogens is 2. The van der Waals surface area contributed by atoms with Crippen molar-refractivity contribution in [1.29, 1.82) is 0 Å². The fourth-order valence-electron chi connectivity index (χ4n) is 1.84. The summed E-state index contributed by atoms with van der Waals surface area (Å²) in [6.45, 7) is 2.21. The first kappa shape index (κ1) is 14.6. The number of carboxylic acids is 1. The maximum absolute atomic E-state index is 11.8. The van der Waals surface area contributed by atoms with E-state index in [4.69, 9.17) is 5.11 Å². The number of benzene rings is 1. The Bertz CT molecular complexity index is 638. The van der Waals surface area contributed by atoms with Crippen LogP contribution in [0.1, 0.15) is 21.6 Å². The molecule has 0 fully saturated rings. The maximum atomic E-state index is 11.8. The molecule has 2 rings (SSSR count). The first-order valence-electron chi connectivity index (χ1n) is 6.42. The van der Waals surface area contributed by atoms with Crippen LogP contribution in [0.5, 0.6) is 0 Å². The number of nitrogens with zero attached hydrogens (tertiary/aromatic N) is 1. The number of aromatic carboxylic acids is 1. The Balaban J connectivity index is 1.92. The van der Waals surface area contributed by atoms with E-state index in [9.17, 15) is 9.59 Å². The van der Waals surface area contributed by atoms with Crippen LogP contribution in [0.2, 0.25) is 0 Å². The molecule has 4 N–H and O–H groups in total. The van der Waals surface area contributed by atoms with Gasteiger partial charge in [-0.3, -0.25) is 0 Å². The number of carbonyl (C=O) groups excluding carboxylic acids is 1. The highest BCUT2D eigenvalue weighted by molar-refractivity contribution is 6.00. The van der Waals surface area contributed by atoms with Crippen molar-refractivity contribution >= 4 is 17.7 Å². The van der Waals surface area contributed by atoms with Gasteiger partial charge in [0.25, 0.3) is 0 Å². The number of nitrogens with one attached hydrogen (secondary N) is 3. The summed E-state index contributed by atoms with van der Waals surface area (Å²) in [4.78, 5) is 29.7. The van der Waals surface area contributed by atoms with Crippen LogP contribution >= 0.6 is 0 Å². The molecule has 0 spiro atoms. The summed E-state index contributed by atoms with van der Waals surface area (Å²) in [7, 11) is 0. The number of anilines is 1. The lowest BCUT2D eigenvalue weighted by molar-refractivity contribution is 0.0698. The van der Waals surface area contributed by atoms with Gasteiger partial charge in [0.1, 0.15) is 0 Å². The summed E-state index contributed by atoms with van der Waals surface area (Å²) in [5, 5.41) is 14.3. The van der Waals surface area contributed by atoms with Gasteiger partial charge in [0.2, 0.25) is 0 Å². The van der Waals surface area contributed by atoms with Crippen LogP contribution in [-0.4, -0.2) is 33.6 Å². The van der Waals surface area contributed by atoms with E-state index in [1.54, 1.807) is 31.6 Å². The van der Waals surface area contributed by atoms with Crippen molar-refractivity contribution in [3.05, 3.63) is 47.5 Å². The number of urea groups is 1. The molecule has 1 aromatic carbocycles. The minimum Gasteiger partial charge on any atom is -0.478 e. The summed E-state index contributed by atoms with van der Waals surface area (Å²) >= 11 is 0. The molecule has 0 unspecified atom stereocenters. The molecule has 0 bridgehead atoms. The van der Waals surface area contributed by atoms with Crippen molar-refractivity contribution in [1.82, 2.24) is 15.3 Å². The van der Waals surface area contributed by atoms with E-state index in [-0.39, 0.29) is 11.3 Å². The number of amides is 2. The van der Waals surface area contributed by atoms with Gasteiger partial charge in [0, 0.05) is 24.9 Å². The van der Waals surface area contributed by atoms with Crippen molar-refractivity contribution in [3.8, 4) is 0 Å². The summed E-state index contributed by atoms with van der Waals surface area (Å²) in [5.41, 5.74) is 2.07. The van der Waals surface area contributed by atoms with Crippen molar-refractivity contribution in [2.75, 3.05) is 11.9 Å². The number of imidazole rings is 1.